The lowest BCUT2D eigenvalue weighted by atomic mass is 10.1. The quantitative estimate of drug-likeness (QED) is 0.414. The molecule has 174 valence electrons. The maximum Gasteiger partial charge on any atom is 0.461 e. The van der Waals surface area contributed by atoms with Gasteiger partial charge in [0.15, 0.2) is 0 Å². The molecule has 33 heavy (non-hydrogen) atoms. The minimum atomic E-state index is -4.61. The number of nitrogens with one attached hydrogen (secondary N) is 3. The first-order valence-corrected chi connectivity index (χ1v) is 9.73. The maximum atomic E-state index is 13.2. The lowest BCUT2D eigenvalue weighted by molar-refractivity contribution is -0.253. The van der Waals surface area contributed by atoms with Gasteiger partial charge in [0.25, 0.3) is 0 Å². The predicted molar refractivity (Wildman–Crippen MR) is 113 cm³/mol. The normalized spacial score (nSPS) is 11.2. The number of nitrogens with zero attached hydrogens (tertiary/aromatic N) is 3. The Hall–Kier alpha value is -3.96. The lowest BCUT2D eigenvalue weighted by Crippen LogP contribution is -2.34. The number of benzene rings is 1. The fourth-order valence-electron chi connectivity index (χ4n) is 2.71. The Morgan fingerprint density at radius 3 is 2.67 bits per heavy atom. The Morgan fingerprint density at radius 2 is 1.91 bits per heavy atom. The van der Waals surface area contributed by atoms with Crippen LogP contribution >= 0.6 is 0 Å². The number of halogens is 4. The number of anilines is 2. The summed E-state index contributed by atoms with van der Waals surface area (Å²) in [6, 6.07) is 10.1. The molecule has 3 rings (SSSR count). The summed E-state index contributed by atoms with van der Waals surface area (Å²) in [7, 11) is 1.52. The van der Waals surface area contributed by atoms with Gasteiger partial charge in [-0.1, -0.05) is 6.07 Å². The van der Waals surface area contributed by atoms with E-state index in [2.05, 4.69) is 35.6 Å². The van der Waals surface area contributed by atoms with Crippen LogP contribution in [0.3, 0.4) is 0 Å². The van der Waals surface area contributed by atoms with Crippen LogP contribution in [-0.2, 0) is 6.42 Å². The summed E-state index contributed by atoms with van der Waals surface area (Å²) in [6.07, 6.45) is -4.94. The molecule has 0 radical (unpaired) electrons. The molecule has 12 heteroatoms. The SMILES string of the molecule is CNC(=O)NCCc1cc(-c2ccnc(Nc3cccc(OC(F)(F)C(F)F)c3)n2)ccn1. The Bertz CT molecular complexity index is 1100. The first kappa shape index (κ1) is 23.7. The van der Waals surface area contributed by atoms with Gasteiger partial charge in [-0.15, -0.1) is 0 Å². The van der Waals surface area contributed by atoms with Gasteiger partial charge in [-0.3, -0.25) is 4.98 Å². The summed E-state index contributed by atoms with van der Waals surface area (Å²) in [5, 5.41) is 7.97. The van der Waals surface area contributed by atoms with Gasteiger partial charge >= 0.3 is 18.6 Å². The number of hydrogen-bond donors (Lipinski definition) is 3. The highest BCUT2D eigenvalue weighted by Gasteiger charge is 2.44. The molecule has 0 saturated carbocycles. The van der Waals surface area contributed by atoms with E-state index < -0.39 is 18.3 Å². The number of carbonyl (C=O) groups excluding carboxylic acids is 1. The van der Waals surface area contributed by atoms with Crippen LogP contribution in [0.4, 0.5) is 34.0 Å². The van der Waals surface area contributed by atoms with Crippen molar-refractivity contribution in [2.45, 2.75) is 19.0 Å². The number of carbonyl (C=O) groups is 1. The van der Waals surface area contributed by atoms with E-state index in [-0.39, 0.29) is 17.7 Å². The van der Waals surface area contributed by atoms with Crippen LogP contribution in [0.15, 0.2) is 54.9 Å². The number of rotatable bonds is 9. The van der Waals surface area contributed by atoms with Crippen LogP contribution in [0.1, 0.15) is 5.69 Å². The van der Waals surface area contributed by atoms with Crippen molar-refractivity contribution in [2.24, 2.45) is 0 Å². The molecule has 1 aromatic carbocycles. The van der Waals surface area contributed by atoms with Crippen LogP contribution in [0, 0.1) is 0 Å². The van der Waals surface area contributed by atoms with Gasteiger partial charge in [-0.05, 0) is 30.3 Å². The van der Waals surface area contributed by atoms with E-state index in [0.29, 0.717) is 18.7 Å². The van der Waals surface area contributed by atoms with E-state index in [1.54, 1.807) is 18.3 Å². The van der Waals surface area contributed by atoms with Crippen molar-refractivity contribution < 1.29 is 27.1 Å². The number of ether oxygens (including phenoxy) is 1. The first-order valence-electron chi connectivity index (χ1n) is 9.73. The second kappa shape index (κ2) is 10.6. The molecular weight excluding hydrogens is 444 g/mol. The van der Waals surface area contributed by atoms with Crippen molar-refractivity contribution >= 4 is 17.7 Å². The minimum absolute atomic E-state index is 0.157. The fourth-order valence-corrected chi connectivity index (χ4v) is 2.71. The molecule has 3 N–H and O–H groups in total. The smallest absolute Gasteiger partial charge is 0.428 e. The van der Waals surface area contributed by atoms with Crippen LogP contribution in [0.25, 0.3) is 11.3 Å². The van der Waals surface area contributed by atoms with Crippen molar-refractivity contribution in [3.8, 4) is 17.0 Å². The van der Waals surface area contributed by atoms with E-state index >= 15 is 0 Å². The lowest BCUT2D eigenvalue weighted by Gasteiger charge is -2.17. The van der Waals surface area contributed by atoms with Gasteiger partial charge in [0.05, 0.1) is 5.69 Å². The molecule has 0 fully saturated rings. The van der Waals surface area contributed by atoms with Crippen LogP contribution < -0.4 is 20.7 Å². The van der Waals surface area contributed by atoms with Crippen molar-refractivity contribution in [1.82, 2.24) is 25.6 Å². The summed E-state index contributed by atoms with van der Waals surface area (Å²) in [5.74, 6) is -0.282. The summed E-state index contributed by atoms with van der Waals surface area (Å²) in [4.78, 5) is 24.0. The zero-order valence-corrected chi connectivity index (χ0v) is 17.4. The Labute approximate surface area is 186 Å². The molecule has 0 unspecified atom stereocenters. The summed E-state index contributed by atoms with van der Waals surface area (Å²) in [6.45, 7) is 0.399. The third-order valence-electron chi connectivity index (χ3n) is 4.26. The number of aromatic nitrogens is 3. The summed E-state index contributed by atoms with van der Waals surface area (Å²) in [5.41, 5.74) is 2.32. The molecule has 2 aromatic heterocycles. The van der Waals surface area contributed by atoms with Gasteiger partial charge < -0.3 is 20.7 Å². The van der Waals surface area contributed by atoms with Crippen molar-refractivity contribution in [1.29, 1.82) is 0 Å². The standard InChI is InChI=1S/C21H20F4N6O2/c1-26-20(32)29-9-6-14-11-13(5-8-27-14)17-7-10-28-19(31-17)30-15-3-2-4-16(12-15)33-21(24,25)18(22)23/h2-5,7-8,10-12,18H,6,9H2,1H3,(H2,26,29,32)(H,28,30,31). The molecule has 3 aromatic rings. The third-order valence-corrected chi connectivity index (χ3v) is 4.26. The number of hydrogen-bond acceptors (Lipinski definition) is 6. The van der Waals surface area contributed by atoms with Crippen LogP contribution in [-0.4, -0.2) is 47.1 Å². The van der Waals surface area contributed by atoms with Gasteiger partial charge in [0.2, 0.25) is 5.95 Å². The van der Waals surface area contributed by atoms with Crippen molar-refractivity contribution in [2.75, 3.05) is 18.9 Å². The van der Waals surface area contributed by atoms with E-state index in [9.17, 15) is 22.4 Å². The predicted octanol–water partition coefficient (Wildman–Crippen LogP) is 3.99. The van der Waals surface area contributed by atoms with Gasteiger partial charge in [0.1, 0.15) is 5.75 Å². The molecule has 2 heterocycles. The van der Waals surface area contributed by atoms with Crippen LogP contribution in [0.5, 0.6) is 5.75 Å². The van der Waals surface area contributed by atoms with E-state index in [1.807, 2.05) is 6.07 Å². The molecule has 2 amide bonds. The zero-order valence-electron chi connectivity index (χ0n) is 17.4. The zero-order chi connectivity index (χ0) is 23.8. The monoisotopic (exact) mass is 464 g/mol. The molecule has 0 aliphatic rings. The first-order chi connectivity index (χ1) is 15.8. The van der Waals surface area contributed by atoms with Gasteiger partial charge in [-0.2, -0.15) is 17.6 Å². The number of alkyl halides is 4. The minimum Gasteiger partial charge on any atom is -0.428 e. The molecule has 0 aliphatic carbocycles. The summed E-state index contributed by atoms with van der Waals surface area (Å²) >= 11 is 0. The Morgan fingerprint density at radius 1 is 1.12 bits per heavy atom. The molecule has 8 nitrogen and oxygen atoms in total. The molecule has 0 saturated heterocycles. The number of amides is 2. The fraction of sp³-hybridized carbons (Fsp3) is 0.238. The second-order valence-electron chi connectivity index (χ2n) is 6.67. The largest absolute Gasteiger partial charge is 0.461 e. The highest BCUT2D eigenvalue weighted by atomic mass is 19.3. The molecule has 0 aliphatic heterocycles. The van der Waals surface area contributed by atoms with E-state index in [4.69, 9.17) is 0 Å². The third kappa shape index (κ3) is 6.76. The topological polar surface area (TPSA) is 101 Å². The van der Waals surface area contributed by atoms with Crippen LogP contribution in [0.2, 0.25) is 0 Å². The van der Waals surface area contributed by atoms with Gasteiger partial charge in [0, 0.05) is 55.4 Å². The number of pyridine rings is 1. The Balaban J connectivity index is 1.71. The average molecular weight is 464 g/mol. The average Bonchev–Trinajstić information content (AvgIpc) is 2.79. The van der Waals surface area contributed by atoms with E-state index in [1.165, 1.54) is 25.4 Å². The van der Waals surface area contributed by atoms with E-state index in [0.717, 1.165) is 23.4 Å². The second-order valence-corrected chi connectivity index (χ2v) is 6.67. The molecule has 0 spiro atoms. The highest BCUT2D eigenvalue weighted by molar-refractivity contribution is 5.73. The molecule has 0 atom stereocenters. The van der Waals surface area contributed by atoms with Crippen molar-refractivity contribution in [3.05, 3.63) is 60.6 Å². The highest BCUT2D eigenvalue weighted by Crippen LogP contribution is 2.29. The maximum absolute atomic E-state index is 13.2. The molecule has 0 bridgehead atoms. The van der Waals surface area contributed by atoms with Gasteiger partial charge in [-0.25, -0.2) is 14.8 Å². The molecular formula is C21H20F4N6O2. The Kier molecular flexibility index (Phi) is 7.59. The number of urea groups is 1. The summed E-state index contributed by atoms with van der Waals surface area (Å²) < 4.78 is 55.1. The van der Waals surface area contributed by atoms with Crippen molar-refractivity contribution in [3.63, 3.8) is 0 Å².